The Labute approximate surface area is 145 Å². The van der Waals surface area contributed by atoms with Gasteiger partial charge in [-0.3, -0.25) is 4.79 Å². The Morgan fingerprint density at radius 3 is 1.82 bits per heavy atom. The van der Waals surface area contributed by atoms with Crippen LogP contribution >= 0.6 is 21.6 Å². The predicted octanol–water partition coefficient (Wildman–Crippen LogP) is 2.88. The van der Waals surface area contributed by atoms with E-state index >= 15 is 0 Å². The first-order chi connectivity index (χ1) is 10.2. The second-order valence-corrected chi connectivity index (χ2v) is 9.89. The van der Waals surface area contributed by atoms with Gasteiger partial charge in [-0.2, -0.15) is 0 Å². The molecular weight excluding hydrogens is 316 g/mol. The lowest BCUT2D eigenvalue weighted by molar-refractivity contribution is -0.911. The lowest BCUT2D eigenvalue weighted by atomic mass is 10.2. The van der Waals surface area contributed by atoms with Gasteiger partial charge in [0.2, 0.25) is 0 Å². The second kappa shape index (κ2) is 10.8. The average Bonchev–Trinajstić information content (AvgIpc) is 2.46. The summed E-state index contributed by atoms with van der Waals surface area (Å²) in [5, 5.41) is 0. The first-order valence-electron chi connectivity index (χ1n) is 8.12. The third-order valence-electron chi connectivity index (χ3n) is 4.97. The highest BCUT2D eigenvalue weighted by Gasteiger charge is 2.24. The van der Waals surface area contributed by atoms with Crippen LogP contribution in [0.1, 0.15) is 27.2 Å². The zero-order valence-corrected chi connectivity index (χ0v) is 17.1. The summed E-state index contributed by atoms with van der Waals surface area (Å²) >= 11 is 0. The number of quaternary nitrogens is 2. The number of hydrogen-bond donors (Lipinski definition) is 0. The molecule has 0 aromatic carbocycles. The van der Waals surface area contributed by atoms with Crippen molar-refractivity contribution in [2.24, 2.45) is 0 Å². The van der Waals surface area contributed by atoms with Crippen molar-refractivity contribution in [3.63, 3.8) is 0 Å². The summed E-state index contributed by atoms with van der Waals surface area (Å²) in [6.07, 6.45) is 1.23. The molecule has 22 heavy (non-hydrogen) atoms. The first-order valence-corrected chi connectivity index (χ1v) is 10.6. The van der Waals surface area contributed by atoms with E-state index in [-0.39, 0.29) is 0 Å². The van der Waals surface area contributed by atoms with Crippen molar-refractivity contribution in [2.75, 3.05) is 59.4 Å². The average molecular weight is 353 g/mol. The van der Waals surface area contributed by atoms with Crippen LogP contribution < -0.4 is 0 Å². The Hall–Kier alpha value is 0.0900. The van der Waals surface area contributed by atoms with Crippen LogP contribution in [0.4, 0.5) is 0 Å². The van der Waals surface area contributed by atoms with Crippen LogP contribution in [0.25, 0.3) is 0 Å². The molecule has 0 N–H and O–H groups in total. The fourth-order valence-corrected chi connectivity index (χ4v) is 4.46. The van der Waals surface area contributed by atoms with Crippen molar-refractivity contribution >= 4 is 28.1 Å². The van der Waals surface area contributed by atoms with Gasteiger partial charge in [-0.05, 0) is 20.3 Å². The zero-order valence-electron chi connectivity index (χ0n) is 15.5. The third-order valence-corrected chi connectivity index (χ3v) is 7.33. The minimum Gasteiger partial charge on any atom is -0.462 e. The maximum Gasteiger partial charge on any atom is 0.293 e. The summed E-state index contributed by atoms with van der Waals surface area (Å²) in [6, 6.07) is 1.05. The van der Waals surface area contributed by atoms with E-state index in [1.165, 1.54) is 18.7 Å². The van der Waals surface area contributed by atoms with Crippen LogP contribution in [0.15, 0.2) is 0 Å². The van der Waals surface area contributed by atoms with Gasteiger partial charge >= 0.3 is 0 Å². The van der Waals surface area contributed by atoms with Crippen molar-refractivity contribution < 1.29 is 18.5 Å². The summed E-state index contributed by atoms with van der Waals surface area (Å²) in [5.41, 5.74) is 0. The highest BCUT2D eigenvalue weighted by Crippen LogP contribution is 2.23. The van der Waals surface area contributed by atoms with Gasteiger partial charge in [0.15, 0.2) is 0 Å². The van der Waals surface area contributed by atoms with Crippen molar-refractivity contribution in [1.29, 1.82) is 0 Å². The summed E-state index contributed by atoms with van der Waals surface area (Å²) in [6.45, 7) is 10.1. The predicted molar refractivity (Wildman–Crippen MR) is 100 cm³/mol. The summed E-state index contributed by atoms with van der Waals surface area (Å²) in [5.74, 6) is 2.32. The molecule has 0 aliphatic heterocycles. The molecule has 0 rings (SSSR count). The molecule has 0 amide bonds. The van der Waals surface area contributed by atoms with Crippen LogP contribution in [0.3, 0.4) is 0 Å². The molecule has 0 heterocycles. The van der Waals surface area contributed by atoms with Crippen LogP contribution in [0, 0.1) is 0 Å². The van der Waals surface area contributed by atoms with E-state index in [4.69, 9.17) is 4.74 Å². The van der Waals surface area contributed by atoms with E-state index in [0.29, 0.717) is 19.1 Å². The molecule has 0 saturated heterocycles. The molecule has 0 fully saturated rings. The molecule has 0 saturated carbocycles. The van der Waals surface area contributed by atoms with Gasteiger partial charge in [-0.1, -0.05) is 28.5 Å². The maximum atomic E-state index is 10.3. The Kier molecular flexibility index (Phi) is 10.8. The zero-order chi connectivity index (χ0) is 17.2. The standard InChI is InChI=1S/C16H36N2O2S2/c1-8-15(2)17(4,5)9-11-21-22-12-10-18(6,7)16(3)13-20-14-19/h14-16H,8-13H2,1-7H3/q+2. The largest absolute Gasteiger partial charge is 0.462 e. The van der Waals surface area contributed by atoms with E-state index in [1.807, 2.05) is 21.6 Å². The molecule has 0 aromatic heterocycles. The Morgan fingerprint density at radius 2 is 1.41 bits per heavy atom. The lowest BCUT2D eigenvalue weighted by Gasteiger charge is -2.36. The Balaban J connectivity index is 3.86. The van der Waals surface area contributed by atoms with Gasteiger partial charge in [-0.25, -0.2) is 0 Å². The van der Waals surface area contributed by atoms with Crippen LogP contribution in [0.2, 0.25) is 0 Å². The summed E-state index contributed by atoms with van der Waals surface area (Å²) in [4.78, 5) is 10.3. The van der Waals surface area contributed by atoms with Crippen molar-refractivity contribution in [2.45, 2.75) is 39.3 Å². The summed E-state index contributed by atoms with van der Waals surface area (Å²) < 4.78 is 6.87. The number of carbonyl (C=O) groups excluding carboxylic acids is 1. The van der Waals surface area contributed by atoms with Gasteiger partial charge in [-0.15, -0.1) is 0 Å². The third kappa shape index (κ3) is 8.65. The topological polar surface area (TPSA) is 26.3 Å². The highest BCUT2D eigenvalue weighted by atomic mass is 33.1. The summed E-state index contributed by atoms with van der Waals surface area (Å²) in [7, 11) is 13.0. The van der Waals surface area contributed by atoms with Gasteiger partial charge < -0.3 is 13.7 Å². The van der Waals surface area contributed by atoms with Gasteiger partial charge in [0.1, 0.15) is 12.6 Å². The number of likely N-dealkylation sites (N-methyl/N-ethyl adjacent to an activating group) is 1. The van der Waals surface area contributed by atoms with E-state index in [0.717, 1.165) is 27.3 Å². The smallest absolute Gasteiger partial charge is 0.293 e. The monoisotopic (exact) mass is 352 g/mol. The number of ether oxygens (including phenoxy) is 1. The van der Waals surface area contributed by atoms with Gasteiger partial charge in [0.05, 0.1) is 58.8 Å². The van der Waals surface area contributed by atoms with E-state index < -0.39 is 0 Å². The molecule has 132 valence electrons. The van der Waals surface area contributed by atoms with E-state index in [1.54, 1.807) is 0 Å². The van der Waals surface area contributed by atoms with E-state index in [9.17, 15) is 4.79 Å². The molecule has 0 radical (unpaired) electrons. The Bertz CT molecular complexity index is 313. The number of nitrogens with zero attached hydrogens (tertiary/aromatic N) is 2. The molecule has 0 aliphatic carbocycles. The molecule has 2 unspecified atom stereocenters. The molecule has 4 nitrogen and oxygen atoms in total. The van der Waals surface area contributed by atoms with Crippen LogP contribution in [-0.4, -0.2) is 86.9 Å². The van der Waals surface area contributed by atoms with Crippen molar-refractivity contribution in [1.82, 2.24) is 0 Å². The first kappa shape index (κ1) is 22.1. The fourth-order valence-electron chi connectivity index (χ4n) is 1.98. The van der Waals surface area contributed by atoms with E-state index in [2.05, 4.69) is 49.0 Å². The number of rotatable bonds is 13. The van der Waals surface area contributed by atoms with Gasteiger partial charge in [0, 0.05) is 0 Å². The molecular formula is C16H36N2O2S2+2. The molecule has 2 atom stereocenters. The minimum atomic E-state index is 0.330. The quantitative estimate of drug-likeness (QED) is 0.220. The maximum absolute atomic E-state index is 10.3. The molecule has 6 heteroatoms. The van der Waals surface area contributed by atoms with Crippen LogP contribution in [0.5, 0.6) is 0 Å². The lowest BCUT2D eigenvalue weighted by Crippen LogP contribution is -2.50. The van der Waals surface area contributed by atoms with Gasteiger partial charge in [0.25, 0.3) is 6.47 Å². The number of hydrogen-bond acceptors (Lipinski definition) is 4. The van der Waals surface area contributed by atoms with Crippen LogP contribution in [-0.2, 0) is 9.53 Å². The molecule has 0 aromatic rings. The number of carbonyl (C=O) groups is 1. The second-order valence-electron chi connectivity index (χ2n) is 7.18. The SMILES string of the molecule is CCC(C)[N+](C)(C)CCSSCC[N+](C)(C)C(C)COC=O. The normalized spacial score (nSPS) is 15.4. The molecule has 0 spiro atoms. The fraction of sp³-hybridized carbons (Fsp3) is 0.938. The van der Waals surface area contributed by atoms with Crippen molar-refractivity contribution in [3.05, 3.63) is 0 Å². The Morgan fingerprint density at radius 1 is 0.955 bits per heavy atom. The minimum absolute atomic E-state index is 0.330. The van der Waals surface area contributed by atoms with Crippen molar-refractivity contribution in [3.8, 4) is 0 Å². The molecule has 0 aliphatic rings. The highest BCUT2D eigenvalue weighted by molar-refractivity contribution is 8.76. The molecule has 0 bridgehead atoms.